The van der Waals surface area contributed by atoms with Gasteiger partial charge >= 0.3 is 0 Å². The van der Waals surface area contributed by atoms with Gasteiger partial charge in [0.05, 0.1) is 6.04 Å². The Morgan fingerprint density at radius 1 is 1.14 bits per heavy atom. The van der Waals surface area contributed by atoms with Crippen LogP contribution in [-0.4, -0.2) is 11.8 Å². The summed E-state index contributed by atoms with van der Waals surface area (Å²) in [6.07, 6.45) is 12.9. The minimum Gasteiger partial charge on any atom is -0.321 e. The number of rotatable bonds is 5. The molecular weight excluding hydrogens is 270 g/mol. The molecule has 2 heteroatoms. The zero-order chi connectivity index (χ0) is 16.8. The molecule has 0 aromatic rings. The van der Waals surface area contributed by atoms with Gasteiger partial charge in [0.25, 0.3) is 0 Å². The Hall–Kier alpha value is -0.370. The van der Waals surface area contributed by atoms with Crippen molar-refractivity contribution in [3.63, 3.8) is 0 Å². The van der Waals surface area contributed by atoms with E-state index < -0.39 is 0 Å². The Morgan fingerprint density at radius 3 is 2.09 bits per heavy atom. The molecule has 2 rings (SSSR count). The Bertz CT molecular complexity index is 332. The van der Waals surface area contributed by atoms with Gasteiger partial charge in [0.1, 0.15) is 0 Å². The number of carbonyl (C=O) groups is 1. The molecule has 2 aliphatic rings. The topological polar surface area (TPSA) is 43.1 Å². The average molecular weight is 310 g/mol. The smallest absolute Gasteiger partial charge is 0.155 e. The normalized spacial score (nSPS) is 23.0. The third kappa shape index (κ3) is 4.81. The molecule has 0 aliphatic heterocycles. The largest absolute Gasteiger partial charge is 0.321 e. The third-order valence-corrected chi connectivity index (χ3v) is 6.30. The van der Waals surface area contributed by atoms with E-state index in [2.05, 4.69) is 6.92 Å². The number of Topliss-reactive ketones (excluding diaryl/α,β-unsaturated/α-hetero) is 1. The molecule has 0 bridgehead atoms. The second-order valence-corrected chi connectivity index (χ2v) is 8.09. The molecule has 0 aromatic carbocycles. The molecule has 0 radical (unpaired) electrons. The van der Waals surface area contributed by atoms with Gasteiger partial charge in [-0.3, -0.25) is 4.79 Å². The Labute approximate surface area is 138 Å². The first-order valence-corrected chi connectivity index (χ1v) is 9.68. The average Bonchev–Trinajstić information content (AvgIpc) is 2.99. The number of ketones is 1. The molecule has 0 aromatic heterocycles. The lowest BCUT2D eigenvalue weighted by Crippen LogP contribution is -2.42. The van der Waals surface area contributed by atoms with Crippen LogP contribution in [0.15, 0.2) is 0 Å². The quantitative estimate of drug-likeness (QED) is 0.730. The van der Waals surface area contributed by atoms with Crippen LogP contribution in [0.4, 0.5) is 0 Å². The summed E-state index contributed by atoms with van der Waals surface area (Å²) in [5, 5.41) is 0. The highest BCUT2D eigenvalue weighted by molar-refractivity contribution is 5.88. The van der Waals surface area contributed by atoms with E-state index in [-0.39, 0.29) is 17.2 Å². The molecule has 130 valence electrons. The fourth-order valence-electron chi connectivity index (χ4n) is 4.29. The summed E-state index contributed by atoms with van der Waals surface area (Å²) in [7, 11) is 0. The Morgan fingerprint density at radius 2 is 1.64 bits per heavy atom. The van der Waals surface area contributed by atoms with Gasteiger partial charge in [-0.25, -0.2) is 0 Å². The second kappa shape index (κ2) is 8.47. The maximum Gasteiger partial charge on any atom is 0.155 e. The van der Waals surface area contributed by atoms with E-state index in [9.17, 15) is 4.79 Å². The highest BCUT2D eigenvalue weighted by atomic mass is 16.1. The van der Waals surface area contributed by atoms with Crippen LogP contribution in [0.1, 0.15) is 98.8 Å². The van der Waals surface area contributed by atoms with Gasteiger partial charge in [-0.15, -0.1) is 0 Å². The van der Waals surface area contributed by atoms with Crippen molar-refractivity contribution in [1.29, 1.82) is 0 Å². The summed E-state index contributed by atoms with van der Waals surface area (Å²) >= 11 is 0. The van der Waals surface area contributed by atoms with Crippen molar-refractivity contribution in [3.05, 3.63) is 0 Å². The van der Waals surface area contributed by atoms with Crippen molar-refractivity contribution < 1.29 is 4.79 Å². The fraction of sp³-hybridized carbons (Fsp3) is 0.950. The lowest BCUT2D eigenvalue weighted by Gasteiger charge is -2.38. The molecule has 1 atom stereocenters. The zero-order valence-corrected chi connectivity index (χ0v) is 15.7. The van der Waals surface area contributed by atoms with Crippen LogP contribution in [-0.2, 0) is 4.79 Å². The molecule has 0 heterocycles. The molecule has 2 N–H and O–H groups in total. The van der Waals surface area contributed by atoms with Crippen molar-refractivity contribution in [3.8, 4) is 0 Å². The second-order valence-electron chi connectivity index (χ2n) is 8.09. The number of carbonyl (C=O) groups excluding carboxylic acids is 1. The van der Waals surface area contributed by atoms with E-state index >= 15 is 0 Å². The van der Waals surface area contributed by atoms with E-state index in [1.807, 2.05) is 27.7 Å². The van der Waals surface area contributed by atoms with Crippen LogP contribution in [0, 0.1) is 16.7 Å². The maximum atomic E-state index is 12.4. The predicted molar refractivity (Wildman–Crippen MR) is 95.9 cm³/mol. The van der Waals surface area contributed by atoms with Crippen LogP contribution < -0.4 is 5.73 Å². The first-order valence-electron chi connectivity index (χ1n) is 9.68. The minimum absolute atomic E-state index is 0.243. The molecule has 1 unspecified atom stereocenters. The Balaban J connectivity index is 0.00000116. The van der Waals surface area contributed by atoms with Gasteiger partial charge in [0, 0.05) is 5.41 Å². The van der Waals surface area contributed by atoms with Gasteiger partial charge in [-0.05, 0) is 62.7 Å². The van der Waals surface area contributed by atoms with Crippen LogP contribution in [0.25, 0.3) is 0 Å². The molecule has 0 amide bonds. The molecule has 22 heavy (non-hydrogen) atoms. The lowest BCUT2D eigenvalue weighted by atomic mass is 9.67. The van der Waals surface area contributed by atoms with Crippen molar-refractivity contribution in [2.75, 3.05) is 0 Å². The summed E-state index contributed by atoms with van der Waals surface area (Å²) < 4.78 is 0. The monoisotopic (exact) mass is 309 g/mol. The van der Waals surface area contributed by atoms with E-state index in [0.29, 0.717) is 11.3 Å². The standard InChI is InChI=1S/C18H33NO.C2H6/c1-4-17(2,3)16(20)15(19)13-14-7-11-18(12-8-14)9-5-6-10-18;1-2/h14-15H,4-13,19H2,1-3H3;1-2H3. The first kappa shape index (κ1) is 19.7. The number of hydrogen-bond donors (Lipinski definition) is 1. The number of nitrogens with two attached hydrogens (primary N) is 1. The molecule has 2 nitrogen and oxygen atoms in total. The predicted octanol–water partition coefficient (Wildman–Crippen LogP) is 5.49. The third-order valence-electron chi connectivity index (χ3n) is 6.30. The highest BCUT2D eigenvalue weighted by Gasteiger charge is 2.39. The molecule has 0 saturated heterocycles. The van der Waals surface area contributed by atoms with Gasteiger partial charge in [0.15, 0.2) is 5.78 Å². The molecule has 2 fully saturated rings. The zero-order valence-electron chi connectivity index (χ0n) is 15.7. The van der Waals surface area contributed by atoms with Gasteiger partial charge in [-0.2, -0.15) is 0 Å². The lowest BCUT2D eigenvalue weighted by molar-refractivity contribution is -0.129. The van der Waals surface area contributed by atoms with Crippen molar-refractivity contribution in [2.45, 2.75) is 105 Å². The number of hydrogen-bond acceptors (Lipinski definition) is 2. The summed E-state index contributed by atoms with van der Waals surface area (Å²) in [6.45, 7) is 10.1. The van der Waals surface area contributed by atoms with Crippen LogP contribution in [0.3, 0.4) is 0 Å². The van der Waals surface area contributed by atoms with Gasteiger partial charge < -0.3 is 5.73 Å². The van der Waals surface area contributed by atoms with Gasteiger partial charge in [0.2, 0.25) is 0 Å². The van der Waals surface area contributed by atoms with Crippen molar-refractivity contribution in [1.82, 2.24) is 0 Å². The minimum atomic E-state index is -0.249. The van der Waals surface area contributed by atoms with E-state index in [4.69, 9.17) is 5.73 Å². The van der Waals surface area contributed by atoms with Crippen LogP contribution >= 0.6 is 0 Å². The van der Waals surface area contributed by atoms with E-state index in [0.717, 1.165) is 12.8 Å². The van der Waals surface area contributed by atoms with Crippen LogP contribution in [0.5, 0.6) is 0 Å². The summed E-state index contributed by atoms with van der Waals surface area (Å²) in [6, 6.07) is -0.243. The summed E-state index contributed by atoms with van der Waals surface area (Å²) in [4.78, 5) is 12.4. The SMILES string of the molecule is CC.CCC(C)(C)C(=O)C(N)CC1CCC2(CCCC2)CC1. The van der Waals surface area contributed by atoms with Gasteiger partial charge in [-0.1, -0.05) is 47.5 Å². The Kier molecular flexibility index (Phi) is 7.58. The fourth-order valence-corrected chi connectivity index (χ4v) is 4.29. The van der Waals surface area contributed by atoms with E-state index in [1.54, 1.807) is 0 Å². The van der Waals surface area contributed by atoms with Crippen LogP contribution in [0.2, 0.25) is 0 Å². The maximum absolute atomic E-state index is 12.4. The summed E-state index contributed by atoms with van der Waals surface area (Å²) in [5.41, 5.74) is 6.64. The molecule has 2 aliphatic carbocycles. The summed E-state index contributed by atoms with van der Waals surface area (Å²) in [5.74, 6) is 0.953. The van der Waals surface area contributed by atoms with E-state index in [1.165, 1.54) is 51.4 Å². The highest BCUT2D eigenvalue weighted by Crippen LogP contribution is 2.50. The first-order chi connectivity index (χ1) is 10.4. The van der Waals surface area contributed by atoms with Crippen molar-refractivity contribution in [2.24, 2.45) is 22.5 Å². The molecule has 2 saturated carbocycles. The molecular formula is C20H39NO. The molecule has 1 spiro atoms. The van der Waals surface area contributed by atoms with Crippen molar-refractivity contribution >= 4 is 5.78 Å².